The first-order valence-corrected chi connectivity index (χ1v) is 15.8. The lowest BCUT2D eigenvalue weighted by atomic mass is 9.84. The van der Waals surface area contributed by atoms with Crippen molar-refractivity contribution >= 4 is 40.5 Å². The van der Waals surface area contributed by atoms with Gasteiger partial charge in [0.2, 0.25) is 5.95 Å². The van der Waals surface area contributed by atoms with Crippen molar-refractivity contribution in [3.8, 4) is 0 Å². The Morgan fingerprint density at radius 2 is 1.80 bits per heavy atom. The Hall–Kier alpha value is -3.70. The molecule has 230 valence electrons. The van der Waals surface area contributed by atoms with Crippen LogP contribution in [-0.4, -0.2) is 70.5 Å². The molecule has 10 nitrogen and oxygen atoms in total. The van der Waals surface area contributed by atoms with Gasteiger partial charge in [0.05, 0.1) is 23.5 Å². The van der Waals surface area contributed by atoms with E-state index in [-0.39, 0.29) is 11.5 Å². The first-order valence-electron chi connectivity index (χ1n) is 15.5. The molecule has 44 heavy (non-hydrogen) atoms. The number of hydrogen-bond donors (Lipinski definition) is 4. The monoisotopic (exact) mass is 615 g/mol. The fraction of sp³-hybridized carbons (Fsp3) is 0.424. The molecular weight excluding hydrogens is 578 g/mol. The number of carbonyl (C=O) groups is 1. The number of nitrogens with one attached hydrogen (secondary N) is 3. The highest BCUT2D eigenvalue weighted by atomic mass is 35.5. The Bertz CT molecular complexity index is 1610. The number of anilines is 3. The van der Waals surface area contributed by atoms with Crippen molar-refractivity contribution in [1.82, 2.24) is 25.2 Å². The highest BCUT2D eigenvalue weighted by Crippen LogP contribution is 2.37. The van der Waals surface area contributed by atoms with Crippen LogP contribution < -0.4 is 20.9 Å². The molecule has 3 fully saturated rings. The lowest BCUT2D eigenvalue weighted by Crippen LogP contribution is -2.42. The molecule has 7 rings (SSSR count). The average molecular weight is 616 g/mol. The average Bonchev–Trinajstić information content (AvgIpc) is 3.64. The van der Waals surface area contributed by atoms with E-state index >= 15 is 0 Å². The summed E-state index contributed by atoms with van der Waals surface area (Å²) < 4.78 is 7.93. The summed E-state index contributed by atoms with van der Waals surface area (Å²) in [4.78, 5) is 19.9. The third kappa shape index (κ3) is 5.99. The molecule has 2 aromatic heterocycles. The number of hydrogen-bond acceptors (Lipinski definition) is 8. The van der Waals surface area contributed by atoms with E-state index in [4.69, 9.17) is 21.3 Å². The van der Waals surface area contributed by atoms with Crippen molar-refractivity contribution in [3.05, 3.63) is 83.0 Å². The largest absolute Gasteiger partial charge is 0.385 e. The quantitative estimate of drug-likeness (QED) is 0.240. The molecule has 1 unspecified atom stereocenters. The third-order valence-electron chi connectivity index (χ3n) is 9.41. The molecule has 4 aromatic rings. The molecule has 5 heterocycles. The summed E-state index contributed by atoms with van der Waals surface area (Å²) in [6.07, 6.45) is 6.17. The number of rotatable bonds is 7. The van der Waals surface area contributed by atoms with Gasteiger partial charge < -0.3 is 30.7 Å². The number of piperidine rings is 2. The van der Waals surface area contributed by atoms with Crippen LogP contribution in [0, 0.1) is 5.92 Å². The van der Waals surface area contributed by atoms with E-state index in [9.17, 15) is 9.90 Å². The molecule has 3 aliphatic heterocycles. The summed E-state index contributed by atoms with van der Waals surface area (Å²) >= 11 is 6.05. The van der Waals surface area contributed by atoms with Crippen molar-refractivity contribution in [3.63, 3.8) is 0 Å². The molecule has 3 saturated heterocycles. The molecule has 0 aliphatic carbocycles. The molecule has 1 spiro atoms. The van der Waals surface area contributed by atoms with E-state index < -0.39 is 5.60 Å². The first-order chi connectivity index (χ1) is 21.4. The van der Waals surface area contributed by atoms with Crippen LogP contribution in [0.5, 0.6) is 0 Å². The molecule has 11 heteroatoms. The Balaban J connectivity index is 0.959. The zero-order valence-electron chi connectivity index (χ0n) is 24.6. The Morgan fingerprint density at radius 1 is 1.05 bits per heavy atom. The topological polar surface area (TPSA) is 116 Å². The van der Waals surface area contributed by atoms with Crippen molar-refractivity contribution in [2.75, 3.05) is 49.5 Å². The Kier molecular flexibility index (Phi) is 7.92. The number of pyridine rings is 1. The second kappa shape index (κ2) is 12.0. The number of ether oxygens (including phenoxy) is 1. The van der Waals surface area contributed by atoms with E-state index in [0.29, 0.717) is 61.5 Å². The van der Waals surface area contributed by atoms with Crippen LogP contribution >= 0.6 is 11.6 Å². The van der Waals surface area contributed by atoms with Crippen LogP contribution in [0.15, 0.2) is 66.9 Å². The van der Waals surface area contributed by atoms with Crippen LogP contribution in [-0.2, 0) is 10.3 Å². The Labute approximate surface area is 261 Å². The fourth-order valence-corrected chi connectivity index (χ4v) is 6.96. The van der Waals surface area contributed by atoms with E-state index in [2.05, 4.69) is 25.9 Å². The fourth-order valence-electron chi connectivity index (χ4n) is 6.83. The number of fused-ring (bicyclic) bond motifs is 1. The van der Waals surface area contributed by atoms with Crippen LogP contribution in [0.3, 0.4) is 0 Å². The maximum absolute atomic E-state index is 12.8. The number of carbonyl (C=O) groups excluding carboxylic acids is 1. The molecule has 0 radical (unpaired) electrons. The van der Waals surface area contributed by atoms with Crippen LogP contribution in [0.25, 0.3) is 5.65 Å². The van der Waals surface area contributed by atoms with Gasteiger partial charge in [-0.1, -0.05) is 23.7 Å². The summed E-state index contributed by atoms with van der Waals surface area (Å²) in [5.74, 6) is 0.740. The van der Waals surface area contributed by atoms with Crippen molar-refractivity contribution < 1.29 is 14.6 Å². The highest BCUT2D eigenvalue weighted by molar-refractivity contribution is 6.30. The zero-order chi connectivity index (χ0) is 30.1. The van der Waals surface area contributed by atoms with Gasteiger partial charge in [0.15, 0.2) is 5.65 Å². The number of halogens is 1. The molecule has 1 atom stereocenters. The van der Waals surface area contributed by atoms with E-state index in [1.54, 1.807) is 4.52 Å². The molecule has 4 N–H and O–H groups in total. The molecule has 3 aliphatic rings. The minimum absolute atomic E-state index is 0.00220. The smallest absolute Gasteiger partial charge is 0.251 e. The molecule has 0 bridgehead atoms. The Morgan fingerprint density at radius 3 is 2.55 bits per heavy atom. The SMILES string of the molecule is O=C(NCC1COC2(CCNCC2)C1)c1ccc(Nc2nc3c(N4CCC(O)(c5ccc(Cl)cc5)CC4)cccn3n2)cc1. The highest BCUT2D eigenvalue weighted by Gasteiger charge is 2.41. The molecule has 1 amide bonds. The zero-order valence-corrected chi connectivity index (χ0v) is 25.4. The number of benzene rings is 2. The number of nitrogens with zero attached hydrogens (tertiary/aromatic N) is 4. The second-order valence-electron chi connectivity index (χ2n) is 12.3. The predicted molar refractivity (Wildman–Crippen MR) is 171 cm³/mol. The van der Waals surface area contributed by atoms with E-state index in [0.717, 1.165) is 54.9 Å². The number of amides is 1. The van der Waals surface area contributed by atoms with Crippen molar-refractivity contribution in [2.24, 2.45) is 5.92 Å². The van der Waals surface area contributed by atoms with Crippen molar-refractivity contribution in [2.45, 2.75) is 43.3 Å². The van der Waals surface area contributed by atoms with Crippen LogP contribution in [0.4, 0.5) is 17.3 Å². The second-order valence-corrected chi connectivity index (χ2v) is 12.8. The van der Waals surface area contributed by atoms with Gasteiger partial charge in [-0.3, -0.25) is 4.79 Å². The third-order valence-corrected chi connectivity index (χ3v) is 9.66. The van der Waals surface area contributed by atoms with Gasteiger partial charge in [0.25, 0.3) is 5.91 Å². The summed E-state index contributed by atoms with van der Waals surface area (Å²) in [7, 11) is 0. The minimum atomic E-state index is -0.879. The van der Waals surface area contributed by atoms with Crippen molar-refractivity contribution in [1.29, 1.82) is 0 Å². The number of aromatic nitrogens is 3. The van der Waals surface area contributed by atoms with Gasteiger partial charge in [-0.2, -0.15) is 4.98 Å². The summed E-state index contributed by atoms with van der Waals surface area (Å²) in [6.45, 7) is 4.70. The summed E-state index contributed by atoms with van der Waals surface area (Å²) in [6, 6.07) is 18.8. The minimum Gasteiger partial charge on any atom is -0.385 e. The van der Waals surface area contributed by atoms with E-state index in [1.165, 1.54) is 0 Å². The van der Waals surface area contributed by atoms with Gasteiger partial charge in [-0.15, -0.1) is 5.10 Å². The van der Waals surface area contributed by atoms with E-state index in [1.807, 2.05) is 66.9 Å². The van der Waals surface area contributed by atoms with Gasteiger partial charge in [0.1, 0.15) is 0 Å². The van der Waals surface area contributed by atoms with Crippen LogP contribution in [0.1, 0.15) is 48.0 Å². The van der Waals surface area contributed by atoms with Gasteiger partial charge >= 0.3 is 0 Å². The standard InChI is InChI=1S/C33H38ClN7O3/c34-26-7-5-25(6-8-26)33(43)13-18-40(19-14-33)28-2-1-17-41-29(28)38-31(39-41)37-27-9-3-24(4-10-27)30(42)36-21-23-20-32(44-22-23)11-15-35-16-12-32/h1-10,17,23,35,43H,11-16,18-22H2,(H,36,42)(H,37,39). The first kappa shape index (κ1) is 29.0. The molecule has 0 saturated carbocycles. The lowest BCUT2D eigenvalue weighted by Gasteiger charge is -2.39. The maximum atomic E-state index is 12.8. The molecule has 2 aromatic carbocycles. The predicted octanol–water partition coefficient (Wildman–Crippen LogP) is 4.50. The maximum Gasteiger partial charge on any atom is 0.251 e. The van der Waals surface area contributed by atoms with Crippen LogP contribution in [0.2, 0.25) is 5.02 Å². The lowest BCUT2D eigenvalue weighted by molar-refractivity contribution is -0.0196. The van der Waals surface area contributed by atoms with Gasteiger partial charge in [-0.25, -0.2) is 4.52 Å². The van der Waals surface area contributed by atoms with Gasteiger partial charge in [0, 0.05) is 48.0 Å². The number of aliphatic hydroxyl groups is 1. The normalized spacial score (nSPS) is 21.0. The molecular formula is C33H38ClN7O3. The van der Waals surface area contributed by atoms with Gasteiger partial charge in [-0.05, 0) is 99.3 Å². The summed E-state index contributed by atoms with van der Waals surface area (Å²) in [5.41, 5.74) is 3.13. The summed E-state index contributed by atoms with van der Waals surface area (Å²) in [5, 5.41) is 26.4.